The van der Waals surface area contributed by atoms with Gasteiger partial charge in [-0.15, -0.1) is 0 Å². The molecule has 3 aromatic heterocycles. The average molecular weight is 463 g/mol. The topological polar surface area (TPSA) is 99.4 Å². The molecule has 4 heterocycles. The Labute approximate surface area is 200 Å². The number of aromatic amines is 1. The van der Waals surface area contributed by atoms with Gasteiger partial charge in [0.1, 0.15) is 11.5 Å². The van der Waals surface area contributed by atoms with E-state index in [1.807, 2.05) is 12.3 Å². The molecule has 8 nitrogen and oxygen atoms in total. The Kier molecular flexibility index (Phi) is 7.83. The summed E-state index contributed by atoms with van der Waals surface area (Å²) in [5, 5.41) is 18.5. The molecule has 0 fully saturated rings. The second kappa shape index (κ2) is 10.6. The number of carbonyl (C=O) groups excluding carboxylic acids is 1. The first kappa shape index (κ1) is 25.1. The van der Waals surface area contributed by atoms with E-state index in [4.69, 9.17) is 10.1 Å². The number of rotatable bonds is 3. The normalized spacial score (nSPS) is 12.5. The summed E-state index contributed by atoms with van der Waals surface area (Å²) < 4.78 is 1.77. The van der Waals surface area contributed by atoms with Crippen molar-refractivity contribution in [1.82, 2.24) is 24.8 Å². The van der Waals surface area contributed by atoms with Gasteiger partial charge in [0.25, 0.3) is 0 Å². The van der Waals surface area contributed by atoms with Gasteiger partial charge in [-0.3, -0.25) is 9.89 Å². The SMILES string of the molecule is CC(C)(C)c1c(C=O)nn2c(-c3cn[nH]c3)cc(N3Cc4ccccc4C3)nc12.CCC.CO. The molecule has 0 unspecified atom stereocenters. The summed E-state index contributed by atoms with van der Waals surface area (Å²) >= 11 is 0. The summed E-state index contributed by atoms with van der Waals surface area (Å²) in [5.41, 5.74) is 6.11. The number of hydrogen-bond donors (Lipinski definition) is 2. The van der Waals surface area contributed by atoms with Gasteiger partial charge in [0, 0.05) is 43.6 Å². The van der Waals surface area contributed by atoms with Gasteiger partial charge >= 0.3 is 0 Å². The standard InChI is InChI=1S/C22H22N6O.C3H8.CH4O/c1-22(2,3)20-17(13-29)26-28-18(16-9-23-24-10-16)8-19(25-21(20)28)27-11-14-6-4-5-7-15(14)12-27;1-3-2;1-2/h4-10,13H,11-12H2,1-3H3,(H,23,24);3H2,1-2H3;2H,1H3. The molecule has 1 aliphatic heterocycles. The van der Waals surface area contributed by atoms with E-state index in [9.17, 15) is 4.79 Å². The smallest absolute Gasteiger partial charge is 0.170 e. The number of hydrogen-bond acceptors (Lipinski definition) is 6. The Morgan fingerprint density at radius 1 is 1.12 bits per heavy atom. The van der Waals surface area contributed by atoms with Crippen molar-refractivity contribution >= 4 is 17.8 Å². The molecule has 0 saturated heterocycles. The van der Waals surface area contributed by atoms with Gasteiger partial charge in [-0.1, -0.05) is 65.3 Å². The van der Waals surface area contributed by atoms with Crippen LogP contribution >= 0.6 is 0 Å². The molecule has 2 N–H and O–H groups in total. The van der Waals surface area contributed by atoms with Crippen LogP contribution in [-0.4, -0.2) is 43.3 Å². The van der Waals surface area contributed by atoms with Gasteiger partial charge in [0.05, 0.1) is 11.9 Å². The van der Waals surface area contributed by atoms with Gasteiger partial charge in [0.2, 0.25) is 0 Å². The third kappa shape index (κ3) is 4.87. The second-order valence-corrected chi connectivity index (χ2v) is 9.18. The van der Waals surface area contributed by atoms with E-state index in [0.29, 0.717) is 11.3 Å². The molecule has 0 bridgehead atoms. The monoisotopic (exact) mass is 462 g/mol. The Hall–Kier alpha value is -3.52. The maximum Gasteiger partial charge on any atom is 0.170 e. The Morgan fingerprint density at radius 3 is 2.24 bits per heavy atom. The van der Waals surface area contributed by atoms with Crippen LogP contribution in [0.3, 0.4) is 0 Å². The largest absolute Gasteiger partial charge is 0.400 e. The predicted octanol–water partition coefficient (Wildman–Crippen LogP) is 4.77. The summed E-state index contributed by atoms with van der Waals surface area (Å²) in [7, 11) is 1.00. The van der Waals surface area contributed by atoms with Crippen LogP contribution in [0, 0.1) is 0 Å². The summed E-state index contributed by atoms with van der Waals surface area (Å²) in [5.74, 6) is 0.868. The zero-order valence-electron chi connectivity index (χ0n) is 20.8. The van der Waals surface area contributed by atoms with Crippen molar-refractivity contribution in [3.8, 4) is 11.3 Å². The van der Waals surface area contributed by atoms with E-state index in [1.54, 1.807) is 10.7 Å². The first-order chi connectivity index (χ1) is 16.4. The van der Waals surface area contributed by atoms with Gasteiger partial charge in [0.15, 0.2) is 11.9 Å². The quantitative estimate of drug-likeness (QED) is 0.425. The van der Waals surface area contributed by atoms with Gasteiger partial charge in [-0.05, 0) is 16.5 Å². The number of nitrogens with one attached hydrogen (secondary N) is 1. The first-order valence-electron chi connectivity index (χ1n) is 11.5. The van der Waals surface area contributed by atoms with Crippen LogP contribution in [0.15, 0.2) is 42.7 Å². The van der Waals surface area contributed by atoms with Gasteiger partial charge < -0.3 is 10.0 Å². The van der Waals surface area contributed by atoms with Crippen molar-refractivity contribution in [2.45, 2.75) is 59.5 Å². The lowest BCUT2D eigenvalue weighted by molar-refractivity contribution is 0.111. The van der Waals surface area contributed by atoms with Crippen molar-refractivity contribution < 1.29 is 9.90 Å². The Bertz CT molecular complexity index is 1210. The zero-order valence-corrected chi connectivity index (χ0v) is 20.8. The van der Waals surface area contributed by atoms with Crippen LogP contribution < -0.4 is 4.90 Å². The lowest BCUT2D eigenvalue weighted by Gasteiger charge is -2.20. The fraction of sp³-hybridized carbons (Fsp3) is 0.385. The number of anilines is 1. The number of nitrogens with zero attached hydrogens (tertiary/aromatic N) is 5. The molecule has 0 amide bonds. The highest BCUT2D eigenvalue weighted by Gasteiger charge is 2.29. The van der Waals surface area contributed by atoms with Crippen molar-refractivity contribution in [3.63, 3.8) is 0 Å². The molecule has 4 aromatic rings. The molecule has 180 valence electrons. The van der Waals surface area contributed by atoms with Crippen LogP contribution in [0.4, 0.5) is 5.82 Å². The summed E-state index contributed by atoms with van der Waals surface area (Å²) in [6.45, 7) is 12.1. The third-order valence-electron chi connectivity index (χ3n) is 5.42. The van der Waals surface area contributed by atoms with Crippen molar-refractivity contribution in [2.24, 2.45) is 0 Å². The lowest BCUT2D eigenvalue weighted by Crippen LogP contribution is -2.18. The number of H-pyrrole nitrogens is 1. The van der Waals surface area contributed by atoms with E-state index in [-0.39, 0.29) is 5.41 Å². The zero-order chi connectivity index (χ0) is 24.9. The lowest BCUT2D eigenvalue weighted by atomic mass is 9.87. The molecule has 34 heavy (non-hydrogen) atoms. The molecule has 1 aromatic carbocycles. The van der Waals surface area contributed by atoms with E-state index in [0.717, 1.165) is 49.1 Å². The molecule has 0 atom stereocenters. The van der Waals surface area contributed by atoms with Crippen molar-refractivity contribution in [1.29, 1.82) is 0 Å². The van der Waals surface area contributed by atoms with Crippen LogP contribution in [0.25, 0.3) is 16.9 Å². The van der Waals surface area contributed by atoms with Crippen LogP contribution in [0.1, 0.15) is 68.2 Å². The van der Waals surface area contributed by atoms with Crippen LogP contribution in [0.5, 0.6) is 0 Å². The Morgan fingerprint density at radius 2 is 1.74 bits per heavy atom. The minimum atomic E-state index is -0.273. The van der Waals surface area contributed by atoms with E-state index in [2.05, 4.69) is 79.1 Å². The highest BCUT2D eigenvalue weighted by atomic mass is 16.2. The number of carbonyl (C=O) groups is 1. The second-order valence-electron chi connectivity index (χ2n) is 9.18. The van der Waals surface area contributed by atoms with E-state index < -0.39 is 0 Å². The molecule has 0 spiro atoms. The van der Waals surface area contributed by atoms with E-state index >= 15 is 0 Å². The molecule has 8 heteroatoms. The first-order valence-corrected chi connectivity index (χ1v) is 11.5. The highest BCUT2D eigenvalue weighted by Crippen LogP contribution is 2.35. The van der Waals surface area contributed by atoms with Crippen molar-refractivity contribution in [3.05, 3.63) is 65.1 Å². The molecule has 0 saturated carbocycles. The number of aliphatic hydroxyl groups is 1. The highest BCUT2D eigenvalue weighted by molar-refractivity contribution is 5.81. The average Bonchev–Trinajstić information content (AvgIpc) is 3.57. The molecule has 0 radical (unpaired) electrons. The number of aldehydes is 1. The third-order valence-corrected chi connectivity index (χ3v) is 5.42. The van der Waals surface area contributed by atoms with Crippen LogP contribution in [0.2, 0.25) is 0 Å². The Balaban J connectivity index is 0.000000603. The fourth-order valence-electron chi connectivity index (χ4n) is 4.08. The number of aliphatic hydroxyl groups excluding tert-OH is 1. The maximum absolute atomic E-state index is 11.8. The maximum atomic E-state index is 11.8. The van der Waals surface area contributed by atoms with Crippen LogP contribution in [-0.2, 0) is 18.5 Å². The molecule has 1 aliphatic rings. The summed E-state index contributed by atoms with van der Waals surface area (Å²) in [4.78, 5) is 19.0. The molecular formula is C26H34N6O2. The minimum Gasteiger partial charge on any atom is -0.400 e. The van der Waals surface area contributed by atoms with Gasteiger partial charge in [-0.25, -0.2) is 9.50 Å². The molecule has 0 aliphatic carbocycles. The number of benzene rings is 1. The van der Waals surface area contributed by atoms with E-state index in [1.165, 1.54) is 17.5 Å². The fourth-order valence-corrected chi connectivity index (χ4v) is 4.08. The predicted molar refractivity (Wildman–Crippen MR) is 135 cm³/mol. The molecular weight excluding hydrogens is 428 g/mol. The number of aromatic nitrogens is 5. The molecule has 5 rings (SSSR count). The summed E-state index contributed by atoms with van der Waals surface area (Å²) in [6.07, 6.45) is 5.66. The van der Waals surface area contributed by atoms with Gasteiger partial charge in [-0.2, -0.15) is 10.2 Å². The summed E-state index contributed by atoms with van der Waals surface area (Å²) in [6, 6.07) is 10.5. The number of fused-ring (bicyclic) bond motifs is 2. The van der Waals surface area contributed by atoms with Crippen molar-refractivity contribution in [2.75, 3.05) is 12.0 Å². The minimum absolute atomic E-state index is 0.273.